The Kier molecular flexibility index (Phi) is 6.37. The average molecular weight is 477 g/mol. The Balaban J connectivity index is 1.33. The van der Waals surface area contributed by atoms with Crippen molar-refractivity contribution in [3.8, 4) is 22.5 Å². The van der Waals surface area contributed by atoms with Gasteiger partial charge in [-0.25, -0.2) is 18.2 Å². The van der Waals surface area contributed by atoms with Gasteiger partial charge >= 0.3 is 0 Å². The fourth-order valence-corrected chi connectivity index (χ4v) is 4.29. The minimum Gasteiger partial charge on any atom is -0.340 e. The minimum atomic E-state index is -0.376. The Hall–Kier alpha value is -3.91. The van der Waals surface area contributed by atoms with Gasteiger partial charge in [-0.1, -0.05) is 24.3 Å². The van der Waals surface area contributed by atoms with E-state index < -0.39 is 0 Å². The molecule has 3 aromatic carbocycles. The van der Waals surface area contributed by atoms with Crippen LogP contribution in [0.2, 0.25) is 0 Å². The van der Waals surface area contributed by atoms with Gasteiger partial charge in [0.15, 0.2) is 0 Å². The number of aromatic amines is 1. The predicted molar refractivity (Wildman–Crippen MR) is 127 cm³/mol. The van der Waals surface area contributed by atoms with Crippen molar-refractivity contribution in [3.05, 3.63) is 102 Å². The number of benzene rings is 3. The van der Waals surface area contributed by atoms with E-state index in [0.717, 1.165) is 0 Å². The van der Waals surface area contributed by atoms with Crippen molar-refractivity contribution in [2.75, 3.05) is 26.2 Å². The second-order valence-corrected chi connectivity index (χ2v) is 8.50. The van der Waals surface area contributed by atoms with E-state index in [1.807, 2.05) is 0 Å². The molecule has 5 nitrogen and oxygen atoms in total. The highest BCUT2D eigenvalue weighted by Crippen LogP contribution is 2.31. The quantitative estimate of drug-likeness (QED) is 0.435. The van der Waals surface area contributed by atoms with Crippen molar-refractivity contribution in [1.82, 2.24) is 19.8 Å². The zero-order chi connectivity index (χ0) is 24.4. The van der Waals surface area contributed by atoms with E-state index >= 15 is 0 Å². The van der Waals surface area contributed by atoms with E-state index in [0.29, 0.717) is 66.6 Å². The van der Waals surface area contributed by atoms with E-state index in [9.17, 15) is 18.0 Å². The second kappa shape index (κ2) is 9.76. The second-order valence-electron chi connectivity index (χ2n) is 8.50. The van der Waals surface area contributed by atoms with Gasteiger partial charge in [-0.3, -0.25) is 9.69 Å². The number of nitrogens with zero attached hydrogens (tertiary/aromatic N) is 3. The Bertz CT molecular complexity index is 1280. The third-order valence-electron chi connectivity index (χ3n) is 6.09. The number of hydrogen-bond acceptors (Lipinski definition) is 3. The van der Waals surface area contributed by atoms with Crippen LogP contribution in [0.25, 0.3) is 22.5 Å². The van der Waals surface area contributed by atoms with Crippen LogP contribution in [-0.4, -0.2) is 51.9 Å². The Morgan fingerprint density at radius 2 is 1.43 bits per heavy atom. The summed E-state index contributed by atoms with van der Waals surface area (Å²) in [6.45, 7) is 2.83. The third-order valence-corrected chi connectivity index (χ3v) is 6.09. The molecule has 2 heterocycles. The number of halogens is 3. The first kappa shape index (κ1) is 22.9. The predicted octanol–water partition coefficient (Wildman–Crippen LogP) is 5.12. The largest absolute Gasteiger partial charge is 0.340 e. The summed E-state index contributed by atoms with van der Waals surface area (Å²) in [5.41, 5.74) is 2.86. The summed E-state index contributed by atoms with van der Waals surface area (Å²) in [6.07, 6.45) is 0. The van der Waals surface area contributed by atoms with Crippen LogP contribution in [0, 0.1) is 17.5 Å². The van der Waals surface area contributed by atoms with Crippen molar-refractivity contribution in [2.45, 2.75) is 6.54 Å². The van der Waals surface area contributed by atoms with E-state index in [1.165, 1.54) is 48.5 Å². The van der Waals surface area contributed by atoms with E-state index in [-0.39, 0.29) is 23.4 Å². The highest BCUT2D eigenvalue weighted by Gasteiger charge is 2.24. The topological polar surface area (TPSA) is 52.2 Å². The molecule has 5 rings (SSSR count). The van der Waals surface area contributed by atoms with Gasteiger partial charge in [-0.05, 0) is 48.5 Å². The summed E-state index contributed by atoms with van der Waals surface area (Å²) in [5, 5.41) is 0. The summed E-state index contributed by atoms with van der Waals surface area (Å²) in [6, 6.07) is 17.9. The molecule has 1 saturated heterocycles. The summed E-state index contributed by atoms with van der Waals surface area (Å²) in [7, 11) is 0. The van der Waals surface area contributed by atoms with Crippen molar-refractivity contribution in [2.24, 2.45) is 0 Å². The molecule has 0 saturated carbocycles. The Morgan fingerprint density at radius 3 is 2.09 bits per heavy atom. The molecule has 178 valence electrons. The number of aromatic nitrogens is 2. The van der Waals surface area contributed by atoms with Crippen molar-refractivity contribution in [3.63, 3.8) is 0 Å². The zero-order valence-corrected chi connectivity index (χ0v) is 18.8. The van der Waals surface area contributed by atoms with E-state index in [2.05, 4.69) is 9.88 Å². The maximum Gasteiger partial charge on any atom is 0.253 e. The molecule has 4 aromatic rings. The number of imidazole rings is 1. The molecule has 1 N–H and O–H groups in total. The highest BCUT2D eigenvalue weighted by atomic mass is 19.1. The third kappa shape index (κ3) is 5.12. The molecule has 0 radical (unpaired) electrons. The molecule has 0 atom stereocenters. The fourth-order valence-electron chi connectivity index (χ4n) is 4.29. The summed E-state index contributed by atoms with van der Waals surface area (Å²) in [4.78, 5) is 24.6. The number of piperazine rings is 1. The first-order valence-corrected chi connectivity index (χ1v) is 11.3. The normalized spacial score (nSPS) is 14.3. The molecule has 8 heteroatoms. The molecule has 0 spiro atoms. The van der Waals surface area contributed by atoms with Gasteiger partial charge in [-0.15, -0.1) is 0 Å². The van der Waals surface area contributed by atoms with Crippen LogP contribution in [0.3, 0.4) is 0 Å². The highest BCUT2D eigenvalue weighted by molar-refractivity contribution is 5.94. The van der Waals surface area contributed by atoms with Gasteiger partial charge in [0, 0.05) is 42.9 Å². The number of rotatable bonds is 5. The molecular formula is C27H23F3N4O. The van der Waals surface area contributed by atoms with Gasteiger partial charge in [0.05, 0.1) is 17.9 Å². The van der Waals surface area contributed by atoms with Crippen LogP contribution in [0.15, 0.2) is 72.8 Å². The number of carbonyl (C=O) groups excluding carboxylic acids is 1. The zero-order valence-electron chi connectivity index (χ0n) is 18.8. The maximum absolute atomic E-state index is 13.9. The standard InChI is InChI=1S/C27H23F3N4O/c28-21-9-7-18(8-10-21)27(35)34-13-11-33(12-14-34)17-24-31-25(19-3-1-5-22(29)15-19)26(32-24)20-4-2-6-23(30)16-20/h1-10,15-16H,11-14,17H2,(H,31,32). The SMILES string of the molecule is O=C(c1ccc(F)cc1)N1CCN(Cc2nc(-c3cccc(F)c3)c(-c3cccc(F)c3)[nH]2)CC1. The average Bonchev–Trinajstić information content (AvgIpc) is 3.28. The van der Waals surface area contributed by atoms with E-state index in [4.69, 9.17) is 4.98 Å². The van der Waals surface area contributed by atoms with Crippen molar-refractivity contribution < 1.29 is 18.0 Å². The molecule has 1 aliphatic heterocycles. The molecule has 1 aliphatic rings. The lowest BCUT2D eigenvalue weighted by atomic mass is 10.0. The molecule has 0 unspecified atom stereocenters. The fraction of sp³-hybridized carbons (Fsp3) is 0.185. The van der Waals surface area contributed by atoms with Gasteiger partial charge in [0.2, 0.25) is 0 Å². The van der Waals surface area contributed by atoms with Crippen LogP contribution < -0.4 is 0 Å². The van der Waals surface area contributed by atoms with Crippen molar-refractivity contribution >= 4 is 5.91 Å². The van der Waals surface area contributed by atoms with E-state index in [1.54, 1.807) is 29.2 Å². The van der Waals surface area contributed by atoms with Gasteiger partial charge in [-0.2, -0.15) is 0 Å². The lowest BCUT2D eigenvalue weighted by Gasteiger charge is -2.34. The molecule has 1 aromatic heterocycles. The monoisotopic (exact) mass is 476 g/mol. The van der Waals surface area contributed by atoms with Crippen LogP contribution >= 0.6 is 0 Å². The minimum absolute atomic E-state index is 0.121. The van der Waals surface area contributed by atoms with Gasteiger partial charge < -0.3 is 9.88 Å². The van der Waals surface area contributed by atoms with Crippen molar-refractivity contribution in [1.29, 1.82) is 0 Å². The van der Waals surface area contributed by atoms with Crippen LogP contribution in [0.5, 0.6) is 0 Å². The van der Waals surface area contributed by atoms with Crippen LogP contribution in [0.1, 0.15) is 16.2 Å². The molecular weight excluding hydrogens is 453 g/mol. The van der Waals surface area contributed by atoms with Crippen LogP contribution in [0.4, 0.5) is 13.2 Å². The maximum atomic E-state index is 13.9. The van der Waals surface area contributed by atoms with Gasteiger partial charge in [0.25, 0.3) is 5.91 Å². The number of amides is 1. The smallest absolute Gasteiger partial charge is 0.253 e. The summed E-state index contributed by atoms with van der Waals surface area (Å²) in [5.74, 6) is -0.573. The van der Waals surface area contributed by atoms with Gasteiger partial charge in [0.1, 0.15) is 23.3 Å². The number of carbonyl (C=O) groups is 1. The summed E-state index contributed by atoms with van der Waals surface area (Å²) >= 11 is 0. The number of nitrogens with one attached hydrogen (secondary N) is 1. The summed E-state index contributed by atoms with van der Waals surface area (Å²) < 4.78 is 41.0. The molecule has 1 amide bonds. The molecule has 0 aliphatic carbocycles. The Labute approximate surface area is 200 Å². The molecule has 0 bridgehead atoms. The Morgan fingerprint density at radius 1 is 0.800 bits per heavy atom. The number of hydrogen-bond donors (Lipinski definition) is 1. The first-order valence-electron chi connectivity index (χ1n) is 11.3. The van der Waals surface area contributed by atoms with Crippen LogP contribution in [-0.2, 0) is 6.54 Å². The first-order chi connectivity index (χ1) is 17.0. The lowest BCUT2D eigenvalue weighted by molar-refractivity contribution is 0.0625. The molecule has 1 fully saturated rings. The number of H-pyrrole nitrogens is 1. The molecule has 35 heavy (non-hydrogen) atoms. The lowest BCUT2D eigenvalue weighted by Crippen LogP contribution is -2.48.